The van der Waals surface area contributed by atoms with Gasteiger partial charge in [0.2, 0.25) is 0 Å². The van der Waals surface area contributed by atoms with Crippen LogP contribution in [0.15, 0.2) is 0 Å². The van der Waals surface area contributed by atoms with E-state index >= 15 is 0 Å². The second-order valence-corrected chi connectivity index (χ2v) is 1.83. The summed E-state index contributed by atoms with van der Waals surface area (Å²) in [6, 6.07) is 0.0556. The molecule has 1 aliphatic heterocycles. The summed E-state index contributed by atoms with van der Waals surface area (Å²) in [5.74, 6) is 0. The lowest BCUT2D eigenvalue weighted by Crippen LogP contribution is -2.19. The van der Waals surface area contributed by atoms with E-state index in [2.05, 4.69) is 5.32 Å². The Morgan fingerprint density at radius 2 is 2.57 bits per heavy atom. The van der Waals surface area contributed by atoms with E-state index in [9.17, 15) is 4.39 Å². The molecule has 0 aliphatic carbocycles. The van der Waals surface area contributed by atoms with Gasteiger partial charge in [-0.1, -0.05) is 0 Å². The van der Waals surface area contributed by atoms with Crippen molar-refractivity contribution in [3.05, 3.63) is 6.67 Å². The molecule has 2 heteroatoms. The number of hydrogen-bond donors (Lipinski definition) is 1. The van der Waals surface area contributed by atoms with Gasteiger partial charge in [0.1, 0.15) is 6.67 Å². The van der Waals surface area contributed by atoms with E-state index in [1.807, 2.05) is 0 Å². The fourth-order valence-electron chi connectivity index (χ4n) is 0.819. The van der Waals surface area contributed by atoms with Crippen molar-refractivity contribution < 1.29 is 4.39 Å². The average molecular weight is 102 g/mol. The van der Waals surface area contributed by atoms with Crippen LogP contribution in [0.1, 0.15) is 12.8 Å². The number of hydrogen-bond acceptors (Lipinski definition) is 1. The van der Waals surface area contributed by atoms with Gasteiger partial charge in [0.25, 0.3) is 0 Å². The quantitative estimate of drug-likeness (QED) is 0.518. The Morgan fingerprint density at radius 3 is 2.86 bits per heavy atom. The molecular formula is C5H9FN. The largest absolute Gasteiger partial charge is 0.311 e. The van der Waals surface area contributed by atoms with Gasteiger partial charge in [-0.25, -0.2) is 4.39 Å². The first kappa shape index (κ1) is 5.04. The van der Waals surface area contributed by atoms with E-state index in [4.69, 9.17) is 0 Å². The van der Waals surface area contributed by atoms with Crippen molar-refractivity contribution in [2.45, 2.75) is 18.9 Å². The molecule has 7 heavy (non-hydrogen) atoms. The first-order valence-corrected chi connectivity index (χ1v) is 2.60. The molecule has 1 rings (SSSR count). The Hall–Kier alpha value is -0.110. The van der Waals surface area contributed by atoms with Crippen LogP contribution in [-0.4, -0.2) is 12.6 Å². The SMILES string of the molecule is F[CH]C1CCCN1. The minimum atomic E-state index is 0.0556. The first-order valence-electron chi connectivity index (χ1n) is 2.60. The van der Waals surface area contributed by atoms with Crippen LogP contribution in [0.2, 0.25) is 0 Å². The standard InChI is InChI=1S/C5H9FN/c6-4-5-2-1-3-7-5/h4-5,7H,1-3H2. The predicted octanol–water partition coefficient (Wildman–Crippen LogP) is 0.870. The summed E-state index contributed by atoms with van der Waals surface area (Å²) in [6.45, 7) is 1.71. The topological polar surface area (TPSA) is 12.0 Å². The summed E-state index contributed by atoms with van der Waals surface area (Å²) >= 11 is 0. The van der Waals surface area contributed by atoms with E-state index in [0.717, 1.165) is 26.1 Å². The van der Waals surface area contributed by atoms with Gasteiger partial charge < -0.3 is 5.32 Å². The van der Waals surface area contributed by atoms with Gasteiger partial charge in [-0.3, -0.25) is 0 Å². The molecule has 0 aromatic rings. The Bertz CT molecular complexity index is 50.0. The summed E-state index contributed by atoms with van der Waals surface area (Å²) in [5.41, 5.74) is 0. The molecule has 0 aromatic carbocycles. The predicted molar refractivity (Wildman–Crippen MR) is 26.4 cm³/mol. The molecule has 0 saturated carbocycles. The summed E-state index contributed by atoms with van der Waals surface area (Å²) in [6.07, 6.45) is 2.08. The molecule has 1 unspecified atom stereocenters. The zero-order valence-corrected chi connectivity index (χ0v) is 4.15. The van der Waals surface area contributed by atoms with Gasteiger partial charge in [-0.15, -0.1) is 0 Å². The fraction of sp³-hybridized carbons (Fsp3) is 0.800. The summed E-state index contributed by atoms with van der Waals surface area (Å²) in [7, 11) is 0. The highest BCUT2D eigenvalue weighted by atomic mass is 19.1. The lowest BCUT2D eigenvalue weighted by atomic mass is 10.2. The highest BCUT2D eigenvalue weighted by Crippen LogP contribution is 2.06. The van der Waals surface area contributed by atoms with Crippen LogP contribution >= 0.6 is 0 Å². The van der Waals surface area contributed by atoms with Gasteiger partial charge in [-0.2, -0.15) is 0 Å². The summed E-state index contributed by atoms with van der Waals surface area (Å²) < 4.78 is 11.5. The van der Waals surface area contributed by atoms with Crippen LogP contribution in [0.25, 0.3) is 0 Å². The fourth-order valence-corrected chi connectivity index (χ4v) is 0.819. The molecule has 0 bridgehead atoms. The highest BCUT2D eigenvalue weighted by molar-refractivity contribution is 4.79. The van der Waals surface area contributed by atoms with Gasteiger partial charge in [0.15, 0.2) is 0 Å². The van der Waals surface area contributed by atoms with Crippen molar-refractivity contribution in [3.63, 3.8) is 0 Å². The van der Waals surface area contributed by atoms with Crippen LogP contribution in [0.3, 0.4) is 0 Å². The molecule has 41 valence electrons. The molecule has 1 atom stereocenters. The van der Waals surface area contributed by atoms with E-state index in [1.54, 1.807) is 0 Å². The highest BCUT2D eigenvalue weighted by Gasteiger charge is 2.12. The Kier molecular flexibility index (Phi) is 1.63. The third kappa shape index (κ3) is 1.13. The minimum absolute atomic E-state index is 0.0556. The maximum Gasteiger partial charge on any atom is 0.148 e. The van der Waals surface area contributed by atoms with E-state index in [1.165, 1.54) is 0 Å². The van der Waals surface area contributed by atoms with Gasteiger partial charge in [0.05, 0.1) is 0 Å². The van der Waals surface area contributed by atoms with Gasteiger partial charge in [-0.05, 0) is 19.4 Å². The maximum absolute atomic E-state index is 11.5. The van der Waals surface area contributed by atoms with Crippen molar-refractivity contribution in [1.82, 2.24) is 5.32 Å². The van der Waals surface area contributed by atoms with Crippen LogP contribution in [0.4, 0.5) is 4.39 Å². The Morgan fingerprint density at radius 1 is 1.71 bits per heavy atom. The monoisotopic (exact) mass is 102 g/mol. The van der Waals surface area contributed by atoms with Crippen LogP contribution in [0.5, 0.6) is 0 Å². The van der Waals surface area contributed by atoms with Crippen molar-refractivity contribution >= 4 is 0 Å². The molecule has 1 nitrogen and oxygen atoms in total. The second kappa shape index (κ2) is 2.26. The molecule has 1 heterocycles. The second-order valence-electron chi connectivity index (χ2n) is 1.83. The molecule has 1 radical (unpaired) electrons. The van der Waals surface area contributed by atoms with Crippen molar-refractivity contribution in [1.29, 1.82) is 0 Å². The molecule has 0 amide bonds. The third-order valence-electron chi connectivity index (χ3n) is 1.25. The van der Waals surface area contributed by atoms with Gasteiger partial charge in [0, 0.05) is 6.04 Å². The lowest BCUT2D eigenvalue weighted by molar-refractivity contribution is 0.498. The molecule has 0 aromatic heterocycles. The maximum atomic E-state index is 11.5. The Labute approximate surface area is 42.9 Å². The summed E-state index contributed by atoms with van der Waals surface area (Å²) in [4.78, 5) is 0. The van der Waals surface area contributed by atoms with E-state index in [-0.39, 0.29) is 6.04 Å². The molecule has 1 N–H and O–H groups in total. The average Bonchev–Trinajstić information content (AvgIpc) is 2.14. The minimum Gasteiger partial charge on any atom is -0.311 e. The van der Waals surface area contributed by atoms with Crippen molar-refractivity contribution in [2.75, 3.05) is 6.54 Å². The van der Waals surface area contributed by atoms with Crippen molar-refractivity contribution in [2.24, 2.45) is 0 Å². The normalized spacial score (nSPS) is 31.3. The molecule has 1 aliphatic rings. The molecule has 0 spiro atoms. The number of nitrogens with one attached hydrogen (secondary N) is 1. The Balaban J connectivity index is 2.14. The molecule has 1 saturated heterocycles. The van der Waals surface area contributed by atoms with Crippen LogP contribution in [-0.2, 0) is 0 Å². The number of rotatable bonds is 1. The lowest BCUT2D eigenvalue weighted by Gasteiger charge is -1.98. The van der Waals surface area contributed by atoms with Crippen molar-refractivity contribution in [3.8, 4) is 0 Å². The van der Waals surface area contributed by atoms with Gasteiger partial charge >= 0.3 is 0 Å². The third-order valence-corrected chi connectivity index (χ3v) is 1.25. The first-order chi connectivity index (χ1) is 3.43. The van der Waals surface area contributed by atoms with E-state index < -0.39 is 0 Å². The van der Waals surface area contributed by atoms with Crippen LogP contribution in [0, 0.1) is 6.67 Å². The zero-order valence-electron chi connectivity index (χ0n) is 4.15. The summed E-state index contributed by atoms with van der Waals surface area (Å²) in [5, 5.41) is 2.98. The molecule has 1 fully saturated rings. The smallest absolute Gasteiger partial charge is 0.148 e. The number of halogens is 1. The zero-order chi connectivity index (χ0) is 5.11. The van der Waals surface area contributed by atoms with Crippen LogP contribution < -0.4 is 5.32 Å². The van der Waals surface area contributed by atoms with E-state index in [0.29, 0.717) is 0 Å². The molecular weight excluding hydrogens is 93.1 g/mol.